The third-order valence-electron chi connectivity index (χ3n) is 4.57. The van der Waals surface area contributed by atoms with Gasteiger partial charge in [-0.1, -0.05) is 0 Å². The second-order valence-corrected chi connectivity index (χ2v) is 6.59. The molecule has 124 valence electrons. The van der Waals surface area contributed by atoms with Crippen molar-refractivity contribution in [1.82, 2.24) is 20.0 Å². The predicted molar refractivity (Wildman–Crippen MR) is 83.3 cm³/mol. The van der Waals surface area contributed by atoms with E-state index in [4.69, 9.17) is 4.74 Å². The highest BCUT2D eigenvalue weighted by molar-refractivity contribution is 5.79. The van der Waals surface area contributed by atoms with Crippen LogP contribution in [0.3, 0.4) is 0 Å². The van der Waals surface area contributed by atoms with E-state index in [1.807, 2.05) is 23.9 Å². The van der Waals surface area contributed by atoms with Crippen LogP contribution in [0.15, 0.2) is 18.5 Å². The molecule has 23 heavy (non-hydrogen) atoms. The number of ether oxygens (including phenoxy) is 1. The van der Waals surface area contributed by atoms with Crippen molar-refractivity contribution in [2.24, 2.45) is 5.92 Å². The Balaban J connectivity index is 1.49. The third-order valence-corrected chi connectivity index (χ3v) is 4.57. The van der Waals surface area contributed by atoms with E-state index in [1.54, 1.807) is 6.20 Å². The molecule has 1 aliphatic carbocycles. The van der Waals surface area contributed by atoms with E-state index in [1.165, 1.54) is 0 Å². The second kappa shape index (κ2) is 6.69. The van der Waals surface area contributed by atoms with Crippen molar-refractivity contribution >= 4 is 5.91 Å². The molecule has 2 atom stereocenters. The number of morpholine rings is 1. The van der Waals surface area contributed by atoms with Gasteiger partial charge in [-0.2, -0.15) is 10.4 Å². The maximum atomic E-state index is 12.3. The minimum Gasteiger partial charge on any atom is -0.374 e. The molecule has 1 saturated carbocycles. The van der Waals surface area contributed by atoms with Crippen LogP contribution >= 0.6 is 0 Å². The molecule has 1 aromatic heterocycles. The SMILES string of the molecule is CC(C#N)(NC(=O)CN1CCOC(Cn2cccn2)C1)C1CC1. The molecule has 1 aliphatic heterocycles. The molecule has 2 aliphatic rings. The van der Waals surface area contributed by atoms with Crippen molar-refractivity contribution in [2.45, 2.75) is 38.0 Å². The van der Waals surface area contributed by atoms with E-state index < -0.39 is 5.54 Å². The number of hydrogen-bond donors (Lipinski definition) is 1. The summed E-state index contributed by atoms with van der Waals surface area (Å²) in [5.41, 5.74) is -0.724. The molecule has 1 amide bonds. The van der Waals surface area contributed by atoms with Crippen LogP contribution in [-0.2, 0) is 16.1 Å². The summed E-state index contributed by atoms with van der Waals surface area (Å²) in [7, 11) is 0. The van der Waals surface area contributed by atoms with Gasteiger partial charge in [0.2, 0.25) is 5.91 Å². The fourth-order valence-electron chi connectivity index (χ4n) is 3.07. The summed E-state index contributed by atoms with van der Waals surface area (Å²) in [6.45, 7) is 4.85. The lowest BCUT2D eigenvalue weighted by Gasteiger charge is -2.33. The summed E-state index contributed by atoms with van der Waals surface area (Å²) in [6, 6.07) is 4.14. The van der Waals surface area contributed by atoms with Crippen LogP contribution in [0, 0.1) is 17.2 Å². The molecule has 1 N–H and O–H groups in total. The van der Waals surface area contributed by atoms with Gasteiger partial charge in [-0.15, -0.1) is 0 Å². The lowest BCUT2D eigenvalue weighted by molar-refractivity contribution is -0.125. The standard InChI is InChI=1S/C16H23N5O2/c1-16(12-17,13-3-4-13)19-15(22)11-20-7-8-23-14(9-20)10-21-6-2-5-18-21/h2,5-6,13-14H,3-4,7-11H2,1H3,(H,19,22). The molecule has 7 heteroatoms. The molecular weight excluding hydrogens is 294 g/mol. The van der Waals surface area contributed by atoms with Gasteiger partial charge < -0.3 is 10.1 Å². The van der Waals surface area contributed by atoms with Crippen LogP contribution in [0.2, 0.25) is 0 Å². The van der Waals surface area contributed by atoms with E-state index in [0.717, 1.165) is 19.4 Å². The van der Waals surface area contributed by atoms with Crippen molar-refractivity contribution in [3.8, 4) is 6.07 Å². The normalized spacial score (nSPS) is 24.6. The third kappa shape index (κ3) is 4.09. The van der Waals surface area contributed by atoms with Crippen LogP contribution in [-0.4, -0.2) is 58.5 Å². The smallest absolute Gasteiger partial charge is 0.235 e. The molecule has 1 saturated heterocycles. The maximum Gasteiger partial charge on any atom is 0.235 e. The number of carbonyl (C=O) groups is 1. The number of rotatable bonds is 6. The summed E-state index contributed by atoms with van der Waals surface area (Å²) in [6.07, 6.45) is 5.72. The van der Waals surface area contributed by atoms with Crippen LogP contribution in [0.4, 0.5) is 0 Å². The zero-order valence-electron chi connectivity index (χ0n) is 13.4. The van der Waals surface area contributed by atoms with E-state index in [2.05, 4.69) is 21.4 Å². The summed E-state index contributed by atoms with van der Waals surface area (Å²) in [4.78, 5) is 14.4. The van der Waals surface area contributed by atoms with Gasteiger partial charge in [-0.05, 0) is 31.7 Å². The van der Waals surface area contributed by atoms with Crippen molar-refractivity contribution in [3.63, 3.8) is 0 Å². The average Bonchev–Trinajstić information content (AvgIpc) is 3.27. The Bertz CT molecular complexity index is 578. The number of nitrogens with one attached hydrogen (secondary N) is 1. The zero-order chi connectivity index (χ0) is 16.3. The topological polar surface area (TPSA) is 83.2 Å². The van der Waals surface area contributed by atoms with Gasteiger partial charge in [0, 0.05) is 25.5 Å². The quantitative estimate of drug-likeness (QED) is 0.821. The first-order valence-corrected chi connectivity index (χ1v) is 8.13. The number of hydrogen-bond acceptors (Lipinski definition) is 5. The Labute approximate surface area is 136 Å². The predicted octanol–water partition coefficient (Wildman–Crippen LogP) is 0.392. The van der Waals surface area contributed by atoms with E-state index in [-0.39, 0.29) is 12.0 Å². The summed E-state index contributed by atoms with van der Waals surface area (Å²) in [5, 5.41) is 16.4. The first-order valence-electron chi connectivity index (χ1n) is 8.13. The van der Waals surface area contributed by atoms with Crippen molar-refractivity contribution < 1.29 is 9.53 Å². The summed E-state index contributed by atoms with van der Waals surface area (Å²) >= 11 is 0. The molecule has 3 rings (SSSR count). The highest BCUT2D eigenvalue weighted by Gasteiger charge is 2.43. The monoisotopic (exact) mass is 317 g/mol. The molecular formula is C16H23N5O2. The van der Waals surface area contributed by atoms with Crippen LogP contribution in [0.5, 0.6) is 0 Å². The summed E-state index contributed by atoms with van der Waals surface area (Å²) < 4.78 is 7.59. The van der Waals surface area contributed by atoms with Crippen LogP contribution in [0.25, 0.3) is 0 Å². The lowest BCUT2D eigenvalue weighted by atomic mass is 9.98. The Morgan fingerprint density at radius 2 is 2.39 bits per heavy atom. The van der Waals surface area contributed by atoms with Gasteiger partial charge in [-0.3, -0.25) is 14.4 Å². The van der Waals surface area contributed by atoms with Gasteiger partial charge in [0.1, 0.15) is 5.54 Å². The maximum absolute atomic E-state index is 12.3. The fourth-order valence-corrected chi connectivity index (χ4v) is 3.07. The Hall–Kier alpha value is -1.91. The molecule has 2 heterocycles. The van der Waals surface area contributed by atoms with E-state index in [0.29, 0.717) is 32.2 Å². The lowest BCUT2D eigenvalue weighted by Crippen LogP contribution is -2.53. The Morgan fingerprint density at radius 1 is 1.57 bits per heavy atom. The van der Waals surface area contributed by atoms with Crippen molar-refractivity contribution in [2.75, 3.05) is 26.2 Å². The molecule has 0 bridgehead atoms. The van der Waals surface area contributed by atoms with Gasteiger partial charge in [0.25, 0.3) is 0 Å². The van der Waals surface area contributed by atoms with E-state index >= 15 is 0 Å². The largest absolute Gasteiger partial charge is 0.374 e. The molecule has 0 spiro atoms. The molecule has 0 radical (unpaired) electrons. The molecule has 7 nitrogen and oxygen atoms in total. The van der Waals surface area contributed by atoms with Crippen LogP contribution in [0.1, 0.15) is 19.8 Å². The first kappa shape index (κ1) is 16.0. The molecule has 0 aromatic carbocycles. The van der Waals surface area contributed by atoms with Crippen LogP contribution < -0.4 is 5.32 Å². The van der Waals surface area contributed by atoms with Gasteiger partial charge in [0.05, 0.1) is 31.9 Å². The Morgan fingerprint density at radius 3 is 3.04 bits per heavy atom. The minimum atomic E-state index is -0.724. The number of nitrogens with zero attached hydrogens (tertiary/aromatic N) is 4. The number of aromatic nitrogens is 2. The molecule has 1 aromatic rings. The van der Waals surface area contributed by atoms with Crippen molar-refractivity contribution in [1.29, 1.82) is 5.26 Å². The second-order valence-electron chi connectivity index (χ2n) is 6.59. The van der Waals surface area contributed by atoms with Gasteiger partial charge >= 0.3 is 0 Å². The minimum absolute atomic E-state index is 0.0298. The zero-order valence-corrected chi connectivity index (χ0v) is 13.4. The number of amides is 1. The summed E-state index contributed by atoms with van der Waals surface area (Å²) in [5.74, 6) is 0.217. The van der Waals surface area contributed by atoms with E-state index in [9.17, 15) is 10.1 Å². The van der Waals surface area contributed by atoms with Gasteiger partial charge in [0.15, 0.2) is 0 Å². The molecule has 2 unspecified atom stereocenters. The number of carbonyl (C=O) groups excluding carboxylic acids is 1. The molecule has 2 fully saturated rings. The highest BCUT2D eigenvalue weighted by atomic mass is 16.5. The van der Waals surface area contributed by atoms with Gasteiger partial charge in [-0.25, -0.2) is 0 Å². The highest BCUT2D eigenvalue weighted by Crippen LogP contribution is 2.39. The van der Waals surface area contributed by atoms with Crippen molar-refractivity contribution in [3.05, 3.63) is 18.5 Å². The average molecular weight is 317 g/mol. The Kier molecular flexibility index (Phi) is 4.64. The first-order chi connectivity index (χ1) is 11.1. The fraction of sp³-hybridized carbons (Fsp3) is 0.688. The number of nitriles is 1.